The van der Waals surface area contributed by atoms with Crippen LogP contribution in [0, 0.1) is 5.41 Å². The van der Waals surface area contributed by atoms with E-state index in [0.717, 1.165) is 63.1 Å². The first-order chi connectivity index (χ1) is 18.4. The number of carbonyl (C=O) groups excluding carboxylic acids is 3. The lowest BCUT2D eigenvalue weighted by Crippen LogP contribution is -2.54. The normalized spacial score (nSPS) is 23.2. The average Bonchev–Trinajstić information content (AvgIpc) is 3.47. The molecule has 3 amide bonds. The summed E-state index contributed by atoms with van der Waals surface area (Å²) in [5, 5.41) is 5.77. The molecule has 0 unspecified atom stereocenters. The van der Waals surface area contributed by atoms with Gasteiger partial charge < -0.3 is 29.9 Å². The SMILES string of the molecule is CCCOc1ccc(C(=O)N2CCC3(CCCCOCCNC(=O)[C@H](C)NC3=O)CC2)cc1N1CCCC1. The van der Waals surface area contributed by atoms with Crippen molar-refractivity contribution in [2.24, 2.45) is 5.41 Å². The van der Waals surface area contributed by atoms with E-state index in [4.69, 9.17) is 9.47 Å². The summed E-state index contributed by atoms with van der Waals surface area (Å²) in [5.74, 6) is 0.546. The summed E-state index contributed by atoms with van der Waals surface area (Å²) < 4.78 is 11.6. The molecule has 1 aromatic carbocycles. The van der Waals surface area contributed by atoms with Gasteiger partial charge >= 0.3 is 0 Å². The van der Waals surface area contributed by atoms with Crippen molar-refractivity contribution in [1.29, 1.82) is 0 Å². The minimum atomic E-state index is -0.614. The summed E-state index contributed by atoms with van der Waals surface area (Å²) in [6.45, 7) is 8.95. The minimum Gasteiger partial charge on any atom is -0.491 e. The van der Waals surface area contributed by atoms with Crippen LogP contribution in [0.2, 0.25) is 0 Å². The van der Waals surface area contributed by atoms with Gasteiger partial charge in [-0.1, -0.05) is 13.3 Å². The highest BCUT2D eigenvalue weighted by Crippen LogP contribution is 2.38. The standard InChI is InChI=1S/C29H44N4O5/c1-3-18-38-25-9-8-23(21-24(25)32-14-5-6-15-32)27(35)33-16-11-29(12-17-33)10-4-7-19-37-20-13-30-26(34)22(2)31-28(29)36/h8-9,21-22H,3-7,10-20H2,1-2H3,(H,30,34)(H,31,36)/t22-/m0/s1. The van der Waals surface area contributed by atoms with Gasteiger partial charge in [-0.15, -0.1) is 0 Å². The molecule has 0 radical (unpaired) electrons. The predicted octanol–water partition coefficient (Wildman–Crippen LogP) is 3.12. The molecule has 2 N–H and O–H groups in total. The maximum absolute atomic E-state index is 13.6. The Morgan fingerprint density at radius 3 is 2.55 bits per heavy atom. The van der Waals surface area contributed by atoms with Gasteiger partial charge in [0.15, 0.2) is 0 Å². The average molecular weight is 529 g/mol. The lowest BCUT2D eigenvalue weighted by Gasteiger charge is -2.41. The molecule has 3 heterocycles. The Kier molecular flexibility index (Phi) is 9.88. The van der Waals surface area contributed by atoms with Crippen LogP contribution in [0.5, 0.6) is 5.75 Å². The Morgan fingerprint density at radius 2 is 1.82 bits per heavy atom. The number of carbonyl (C=O) groups is 3. The second kappa shape index (κ2) is 13.3. The van der Waals surface area contributed by atoms with E-state index in [9.17, 15) is 14.4 Å². The molecule has 0 bridgehead atoms. The number of nitrogens with one attached hydrogen (secondary N) is 2. The first kappa shape index (κ1) is 28.2. The number of hydrogen-bond acceptors (Lipinski definition) is 6. The van der Waals surface area contributed by atoms with Gasteiger partial charge in [0, 0.05) is 44.9 Å². The Balaban J connectivity index is 1.46. The topological polar surface area (TPSA) is 100 Å². The third kappa shape index (κ3) is 6.79. The van der Waals surface area contributed by atoms with E-state index in [-0.39, 0.29) is 17.7 Å². The molecule has 1 aromatic rings. The van der Waals surface area contributed by atoms with E-state index in [0.29, 0.717) is 57.9 Å². The zero-order valence-electron chi connectivity index (χ0n) is 23.1. The lowest BCUT2D eigenvalue weighted by atomic mass is 9.73. The first-order valence-electron chi connectivity index (χ1n) is 14.4. The molecule has 38 heavy (non-hydrogen) atoms. The second-order valence-corrected chi connectivity index (χ2v) is 10.9. The van der Waals surface area contributed by atoms with E-state index < -0.39 is 11.5 Å². The number of rotatable bonds is 5. The highest BCUT2D eigenvalue weighted by molar-refractivity contribution is 5.96. The van der Waals surface area contributed by atoms with Crippen molar-refractivity contribution >= 4 is 23.4 Å². The predicted molar refractivity (Wildman–Crippen MR) is 147 cm³/mol. The minimum absolute atomic E-state index is 0.00599. The molecule has 0 aromatic heterocycles. The van der Waals surface area contributed by atoms with E-state index in [1.54, 1.807) is 6.92 Å². The van der Waals surface area contributed by atoms with Crippen LogP contribution >= 0.6 is 0 Å². The Labute approximate surface area is 226 Å². The molecular weight excluding hydrogens is 484 g/mol. The van der Waals surface area contributed by atoms with Crippen LogP contribution in [-0.4, -0.2) is 81.2 Å². The van der Waals surface area contributed by atoms with E-state index >= 15 is 0 Å². The highest BCUT2D eigenvalue weighted by atomic mass is 16.5. The van der Waals surface area contributed by atoms with Gasteiger partial charge in [0.2, 0.25) is 11.8 Å². The summed E-state index contributed by atoms with van der Waals surface area (Å²) in [4.78, 5) is 43.6. The molecule has 3 aliphatic heterocycles. The van der Waals surface area contributed by atoms with Gasteiger partial charge in [0.1, 0.15) is 11.8 Å². The van der Waals surface area contributed by atoms with Crippen LogP contribution in [0.15, 0.2) is 18.2 Å². The Hall–Kier alpha value is -2.81. The van der Waals surface area contributed by atoms with Gasteiger partial charge in [0.05, 0.1) is 24.3 Å². The fourth-order valence-electron chi connectivity index (χ4n) is 5.68. The largest absolute Gasteiger partial charge is 0.491 e. The van der Waals surface area contributed by atoms with Crippen molar-refractivity contribution in [3.63, 3.8) is 0 Å². The third-order valence-corrected chi connectivity index (χ3v) is 8.08. The quantitative estimate of drug-likeness (QED) is 0.609. The number of benzene rings is 1. The van der Waals surface area contributed by atoms with Crippen molar-refractivity contribution in [2.45, 2.75) is 71.3 Å². The molecule has 210 valence electrons. The van der Waals surface area contributed by atoms with Gasteiger partial charge in [0.25, 0.3) is 5.91 Å². The van der Waals surface area contributed by atoms with Crippen LogP contribution in [0.1, 0.15) is 75.6 Å². The molecule has 9 nitrogen and oxygen atoms in total. The number of piperidine rings is 1. The number of nitrogens with zero attached hydrogens (tertiary/aromatic N) is 2. The van der Waals surface area contributed by atoms with Crippen LogP contribution in [0.3, 0.4) is 0 Å². The molecule has 0 saturated carbocycles. The number of anilines is 1. The molecule has 3 aliphatic rings. The van der Waals surface area contributed by atoms with Gasteiger partial charge in [-0.3, -0.25) is 14.4 Å². The lowest BCUT2D eigenvalue weighted by molar-refractivity contribution is -0.137. The Bertz CT molecular complexity index is 970. The number of amides is 3. The molecule has 1 spiro atoms. The second-order valence-electron chi connectivity index (χ2n) is 10.9. The smallest absolute Gasteiger partial charge is 0.253 e. The summed E-state index contributed by atoms with van der Waals surface area (Å²) in [7, 11) is 0. The van der Waals surface area contributed by atoms with Crippen LogP contribution in [0.25, 0.3) is 0 Å². The zero-order valence-corrected chi connectivity index (χ0v) is 23.1. The first-order valence-corrected chi connectivity index (χ1v) is 14.4. The molecule has 4 rings (SSSR count). The monoisotopic (exact) mass is 528 g/mol. The number of ether oxygens (including phenoxy) is 2. The van der Waals surface area contributed by atoms with E-state index in [1.807, 2.05) is 23.1 Å². The van der Waals surface area contributed by atoms with Crippen LogP contribution < -0.4 is 20.3 Å². The molecule has 3 fully saturated rings. The number of likely N-dealkylation sites (tertiary alicyclic amines) is 1. The fraction of sp³-hybridized carbons (Fsp3) is 0.690. The highest BCUT2D eigenvalue weighted by Gasteiger charge is 2.42. The summed E-state index contributed by atoms with van der Waals surface area (Å²) in [6, 6.07) is 5.16. The van der Waals surface area contributed by atoms with Crippen LogP contribution in [0.4, 0.5) is 5.69 Å². The summed E-state index contributed by atoms with van der Waals surface area (Å²) in [5.41, 5.74) is 1.07. The zero-order chi connectivity index (χ0) is 27.0. The number of hydrogen-bond donors (Lipinski definition) is 2. The van der Waals surface area contributed by atoms with Gasteiger partial charge in [-0.05, 0) is 70.1 Å². The fourth-order valence-corrected chi connectivity index (χ4v) is 5.68. The molecule has 9 heteroatoms. The summed E-state index contributed by atoms with van der Waals surface area (Å²) in [6.07, 6.45) is 6.85. The van der Waals surface area contributed by atoms with Crippen LogP contribution in [-0.2, 0) is 14.3 Å². The Morgan fingerprint density at radius 1 is 1.05 bits per heavy atom. The third-order valence-electron chi connectivity index (χ3n) is 8.08. The van der Waals surface area contributed by atoms with Gasteiger partial charge in [-0.25, -0.2) is 0 Å². The maximum Gasteiger partial charge on any atom is 0.253 e. The molecule has 0 aliphatic carbocycles. The van der Waals surface area contributed by atoms with Crippen molar-refractivity contribution < 1.29 is 23.9 Å². The van der Waals surface area contributed by atoms with Crippen molar-refractivity contribution in [3.05, 3.63) is 23.8 Å². The van der Waals surface area contributed by atoms with Crippen molar-refractivity contribution in [2.75, 3.05) is 57.4 Å². The van der Waals surface area contributed by atoms with E-state index in [1.165, 1.54) is 0 Å². The van der Waals surface area contributed by atoms with Crippen molar-refractivity contribution in [3.8, 4) is 5.75 Å². The van der Waals surface area contributed by atoms with Gasteiger partial charge in [-0.2, -0.15) is 0 Å². The molecular formula is C29H44N4O5. The maximum atomic E-state index is 13.6. The van der Waals surface area contributed by atoms with Crippen molar-refractivity contribution in [1.82, 2.24) is 15.5 Å². The molecule has 3 saturated heterocycles. The summed E-state index contributed by atoms with van der Waals surface area (Å²) >= 11 is 0. The van der Waals surface area contributed by atoms with E-state index in [2.05, 4.69) is 22.5 Å². The molecule has 1 atom stereocenters.